The number of hydrogen-bond acceptors (Lipinski definition) is 3. The summed E-state index contributed by atoms with van der Waals surface area (Å²) in [5, 5.41) is 3.56. The van der Waals surface area contributed by atoms with Gasteiger partial charge in [-0.1, -0.05) is 6.07 Å². The quantitative estimate of drug-likeness (QED) is 0.309. The Bertz CT molecular complexity index is 351. The Morgan fingerprint density at radius 2 is 2.36 bits per heavy atom. The zero-order valence-electron chi connectivity index (χ0n) is 8.14. The van der Waals surface area contributed by atoms with E-state index in [-0.39, 0.29) is 12.0 Å². The van der Waals surface area contributed by atoms with Crippen LogP contribution in [0.5, 0.6) is 0 Å². The smallest absolute Gasteiger partial charge is 0.320 e. The summed E-state index contributed by atoms with van der Waals surface area (Å²) in [5.41, 5.74) is 0.581. The second-order valence-corrected chi connectivity index (χ2v) is 2.89. The first-order chi connectivity index (χ1) is 6.74. The van der Waals surface area contributed by atoms with Gasteiger partial charge in [-0.05, 0) is 26.0 Å². The van der Waals surface area contributed by atoms with E-state index in [0.717, 1.165) is 0 Å². The zero-order valence-corrected chi connectivity index (χ0v) is 8.14. The summed E-state index contributed by atoms with van der Waals surface area (Å²) in [6.07, 6.45) is 1.62. The molecule has 0 unspecified atom stereocenters. The lowest BCUT2D eigenvalue weighted by atomic mass is 10.3. The van der Waals surface area contributed by atoms with Crippen LogP contribution in [0, 0.1) is 6.57 Å². The van der Waals surface area contributed by atoms with Crippen molar-refractivity contribution in [1.29, 1.82) is 0 Å². The maximum Gasteiger partial charge on any atom is 0.320 e. The summed E-state index contributed by atoms with van der Waals surface area (Å²) in [6.45, 7) is 10.4. The van der Waals surface area contributed by atoms with Crippen LogP contribution < -0.4 is 0 Å². The van der Waals surface area contributed by atoms with Crippen molar-refractivity contribution < 1.29 is 4.74 Å². The van der Waals surface area contributed by atoms with Gasteiger partial charge < -0.3 is 4.74 Å². The Labute approximate surface area is 83.1 Å². The van der Waals surface area contributed by atoms with Crippen molar-refractivity contribution in [2.24, 2.45) is 5.10 Å². The molecule has 0 saturated carbocycles. The number of nitrogens with zero attached hydrogens (tertiary/aromatic N) is 3. The van der Waals surface area contributed by atoms with Crippen LogP contribution in [-0.2, 0) is 4.74 Å². The van der Waals surface area contributed by atoms with E-state index in [9.17, 15) is 0 Å². The second-order valence-electron chi connectivity index (χ2n) is 2.89. The zero-order chi connectivity index (χ0) is 10.4. The summed E-state index contributed by atoms with van der Waals surface area (Å²) >= 11 is 0. The SMILES string of the molecule is [C-]#[N+]/N=C(\OC(C)C)c1ccccn1. The van der Waals surface area contributed by atoms with Gasteiger partial charge in [0.25, 0.3) is 0 Å². The Morgan fingerprint density at radius 1 is 1.57 bits per heavy atom. The minimum atomic E-state index is -0.0162. The molecule has 0 radical (unpaired) electrons. The Balaban J connectivity index is 2.91. The largest absolute Gasteiger partial charge is 0.469 e. The van der Waals surface area contributed by atoms with Crippen LogP contribution in [0.25, 0.3) is 4.95 Å². The number of aromatic nitrogens is 1. The topological polar surface area (TPSA) is 38.8 Å². The normalized spacial score (nSPS) is 11.1. The molecule has 1 rings (SSSR count). The first-order valence-electron chi connectivity index (χ1n) is 4.26. The van der Waals surface area contributed by atoms with Gasteiger partial charge in [0.2, 0.25) is 0 Å². The third-order valence-corrected chi connectivity index (χ3v) is 1.37. The molecule has 0 N–H and O–H groups in total. The average molecular weight is 189 g/mol. The van der Waals surface area contributed by atoms with E-state index in [2.05, 4.69) is 15.0 Å². The minimum Gasteiger partial charge on any atom is -0.469 e. The van der Waals surface area contributed by atoms with Crippen molar-refractivity contribution in [3.63, 3.8) is 0 Å². The molecule has 0 spiro atoms. The summed E-state index contributed by atoms with van der Waals surface area (Å²) < 4.78 is 5.35. The molecule has 0 aliphatic heterocycles. The molecule has 0 aliphatic carbocycles. The monoisotopic (exact) mass is 189 g/mol. The molecule has 1 aromatic heterocycles. The highest BCUT2D eigenvalue weighted by molar-refractivity contribution is 5.92. The van der Waals surface area contributed by atoms with Crippen LogP contribution in [0.4, 0.5) is 0 Å². The van der Waals surface area contributed by atoms with Crippen LogP contribution in [0.1, 0.15) is 19.5 Å². The highest BCUT2D eigenvalue weighted by Crippen LogP contribution is 2.02. The average Bonchev–Trinajstić information content (AvgIpc) is 2.18. The molecule has 1 heterocycles. The van der Waals surface area contributed by atoms with Crippen LogP contribution in [0.15, 0.2) is 29.5 Å². The summed E-state index contributed by atoms with van der Waals surface area (Å²) in [4.78, 5) is 6.99. The van der Waals surface area contributed by atoms with Gasteiger partial charge in [-0.2, -0.15) is 6.57 Å². The Hall–Kier alpha value is -1.89. The highest BCUT2D eigenvalue weighted by Gasteiger charge is 2.10. The molecular formula is C10H11N3O. The lowest BCUT2D eigenvalue weighted by molar-refractivity contribution is 0.229. The van der Waals surface area contributed by atoms with Crippen LogP contribution in [0.2, 0.25) is 0 Å². The molecule has 0 amide bonds. The Kier molecular flexibility index (Phi) is 3.62. The van der Waals surface area contributed by atoms with Crippen LogP contribution >= 0.6 is 0 Å². The summed E-state index contributed by atoms with van der Waals surface area (Å²) in [7, 11) is 0. The van der Waals surface area contributed by atoms with E-state index in [1.165, 1.54) is 0 Å². The minimum absolute atomic E-state index is 0.0162. The Morgan fingerprint density at radius 3 is 2.86 bits per heavy atom. The van der Waals surface area contributed by atoms with E-state index in [1.807, 2.05) is 19.9 Å². The van der Waals surface area contributed by atoms with Crippen molar-refractivity contribution in [2.45, 2.75) is 20.0 Å². The van der Waals surface area contributed by atoms with Gasteiger partial charge in [-0.15, -0.1) is 4.95 Å². The highest BCUT2D eigenvalue weighted by atomic mass is 16.5. The number of rotatable bonds is 2. The lowest BCUT2D eigenvalue weighted by Crippen LogP contribution is -2.13. The van der Waals surface area contributed by atoms with Gasteiger partial charge in [-0.25, -0.2) is 0 Å². The molecule has 1 aromatic rings. The molecule has 4 nitrogen and oxygen atoms in total. The fourth-order valence-electron chi connectivity index (χ4n) is 0.893. The van der Waals surface area contributed by atoms with Crippen molar-refractivity contribution in [3.05, 3.63) is 41.6 Å². The van der Waals surface area contributed by atoms with Gasteiger partial charge in [-0.3, -0.25) is 4.98 Å². The number of hydrogen-bond donors (Lipinski definition) is 0. The maximum absolute atomic E-state index is 6.66. The molecule has 4 heteroatoms. The summed E-state index contributed by atoms with van der Waals surface area (Å²) in [5.74, 6) is 0.274. The fourth-order valence-corrected chi connectivity index (χ4v) is 0.893. The van der Waals surface area contributed by atoms with E-state index in [1.54, 1.807) is 18.3 Å². The molecule has 0 aromatic carbocycles. The lowest BCUT2D eigenvalue weighted by Gasteiger charge is -2.07. The van der Waals surface area contributed by atoms with E-state index in [0.29, 0.717) is 5.69 Å². The maximum atomic E-state index is 6.66. The molecule has 0 atom stereocenters. The third-order valence-electron chi connectivity index (χ3n) is 1.37. The number of pyridine rings is 1. The van der Waals surface area contributed by atoms with Gasteiger partial charge >= 0.3 is 5.90 Å². The van der Waals surface area contributed by atoms with Gasteiger partial charge in [0.05, 0.1) is 6.10 Å². The molecule has 0 bridgehead atoms. The first kappa shape index (κ1) is 10.2. The van der Waals surface area contributed by atoms with Crippen LogP contribution in [0.3, 0.4) is 0 Å². The summed E-state index contributed by atoms with van der Waals surface area (Å²) in [6, 6.07) is 5.38. The predicted octanol–water partition coefficient (Wildman–Crippen LogP) is 2.09. The van der Waals surface area contributed by atoms with E-state index in [4.69, 9.17) is 11.3 Å². The van der Waals surface area contributed by atoms with Gasteiger partial charge in [0.1, 0.15) is 10.8 Å². The second kappa shape index (κ2) is 4.97. The van der Waals surface area contributed by atoms with Crippen LogP contribution in [-0.4, -0.2) is 17.0 Å². The van der Waals surface area contributed by atoms with E-state index >= 15 is 0 Å². The van der Waals surface area contributed by atoms with Crippen molar-refractivity contribution in [1.82, 2.24) is 4.98 Å². The van der Waals surface area contributed by atoms with Crippen molar-refractivity contribution in [3.8, 4) is 0 Å². The fraction of sp³-hybridized carbons (Fsp3) is 0.300. The standard InChI is InChI=1S/C10H11N3O/c1-8(2)14-10(13-11-3)9-6-4-5-7-12-9/h4-8H,1-2H3/b13-10-. The predicted molar refractivity (Wildman–Crippen MR) is 53.6 cm³/mol. The number of ether oxygens (including phenoxy) is 1. The molecule has 0 saturated heterocycles. The first-order valence-corrected chi connectivity index (χ1v) is 4.26. The van der Waals surface area contributed by atoms with Gasteiger partial charge in [0, 0.05) is 6.20 Å². The van der Waals surface area contributed by atoms with E-state index < -0.39 is 0 Å². The molecule has 72 valence electrons. The third kappa shape index (κ3) is 2.87. The van der Waals surface area contributed by atoms with Gasteiger partial charge in [0.15, 0.2) is 0 Å². The molecule has 0 aliphatic rings. The molecule has 0 fully saturated rings. The molecule has 14 heavy (non-hydrogen) atoms. The van der Waals surface area contributed by atoms with Crippen molar-refractivity contribution >= 4 is 5.90 Å². The molecular weight excluding hydrogens is 178 g/mol. The van der Waals surface area contributed by atoms with Crippen molar-refractivity contribution in [2.75, 3.05) is 0 Å².